The van der Waals surface area contributed by atoms with Gasteiger partial charge in [-0.25, -0.2) is 0 Å². The zero-order valence-corrected chi connectivity index (χ0v) is 14.7. The molecule has 1 amide bonds. The van der Waals surface area contributed by atoms with Gasteiger partial charge in [-0.15, -0.1) is 0 Å². The van der Waals surface area contributed by atoms with E-state index in [2.05, 4.69) is 25.9 Å². The number of amides is 1. The number of rotatable bonds is 5. The van der Waals surface area contributed by atoms with Crippen LogP contribution in [0, 0.1) is 0 Å². The van der Waals surface area contributed by atoms with Gasteiger partial charge in [-0.1, -0.05) is 12.1 Å². The maximum absolute atomic E-state index is 11.2. The molecule has 0 heterocycles. The molecular formula is C17H21MnN2O4. The van der Waals surface area contributed by atoms with Crippen LogP contribution in [0.1, 0.15) is 22.8 Å². The summed E-state index contributed by atoms with van der Waals surface area (Å²) in [5.74, 6) is 0.459. The van der Waals surface area contributed by atoms with Crippen LogP contribution in [0.4, 0.5) is 0 Å². The van der Waals surface area contributed by atoms with E-state index in [4.69, 9.17) is 4.74 Å². The minimum absolute atomic E-state index is 0.0171. The molecule has 0 spiro atoms. The maximum atomic E-state index is 11.2. The van der Waals surface area contributed by atoms with Gasteiger partial charge >= 0.3 is 79.3 Å². The van der Waals surface area contributed by atoms with Crippen molar-refractivity contribution in [3.05, 3.63) is 53.6 Å². The van der Waals surface area contributed by atoms with Crippen LogP contribution in [0.2, 0.25) is 0 Å². The number of aromatic hydroxyl groups is 2. The molecule has 0 fully saturated rings. The van der Waals surface area contributed by atoms with Crippen molar-refractivity contribution in [3.8, 4) is 17.2 Å². The third-order valence-electron chi connectivity index (χ3n) is 3.05. The average molecular weight is 372 g/mol. The first-order valence-electron chi connectivity index (χ1n) is 7.29. The third-order valence-corrected chi connectivity index (χ3v) is 3.25. The zero-order chi connectivity index (χ0) is 17.9. The molecule has 2 aromatic rings. The van der Waals surface area contributed by atoms with Gasteiger partial charge in [0.1, 0.15) is 5.75 Å². The second kappa shape index (κ2) is 10.5. The molecule has 0 aliphatic rings. The first kappa shape index (κ1) is 19.8. The SMILES string of the molecule is CCNC(=O)c1ccccc1O.COc1cccc(C[NH][Mn])c1O. The van der Waals surface area contributed by atoms with Gasteiger partial charge in [-0.2, -0.15) is 0 Å². The van der Waals surface area contributed by atoms with Gasteiger partial charge < -0.3 is 10.4 Å². The number of para-hydroxylation sites is 2. The summed E-state index contributed by atoms with van der Waals surface area (Å²) in [6.07, 6.45) is 0. The topological polar surface area (TPSA) is 90.8 Å². The van der Waals surface area contributed by atoms with E-state index >= 15 is 0 Å². The molecule has 0 bridgehead atoms. The fourth-order valence-corrected chi connectivity index (χ4v) is 2.09. The van der Waals surface area contributed by atoms with Crippen molar-refractivity contribution >= 4 is 5.91 Å². The Morgan fingerprint density at radius 2 is 1.88 bits per heavy atom. The molecule has 0 atom stereocenters. The predicted molar refractivity (Wildman–Crippen MR) is 87.6 cm³/mol. The fourth-order valence-electron chi connectivity index (χ4n) is 1.87. The van der Waals surface area contributed by atoms with Crippen molar-refractivity contribution in [1.29, 1.82) is 0 Å². The summed E-state index contributed by atoms with van der Waals surface area (Å²) in [5.41, 5.74) is 1.12. The average Bonchev–Trinajstić information content (AvgIpc) is 2.58. The molecule has 2 aromatic carbocycles. The number of carbonyl (C=O) groups is 1. The first-order chi connectivity index (χ1) is 11.5. The van der Waals surface area contributed by atoms with Gasteiger partial charge in [-0.05, 0) is 19.1 Å². The molecule has 0 saturated heterocycles. The Hall–Kier alpha value is -2.21. The van der Waals surface area contributed by atoms with E-state index < -0.39 is 0 Å². The van der Waals surface area contributed by atoms with Gasteiger partial charge in [0.15, 0.2) is 0 Å². The van der Waals surface area contributed by atoms with Crippen LogP contribution in [-0.2, 0) is 22.8 Å². The Balaban J connectivity index is 0.000000240. The summed E-state index contributed by atoms with van der Waals surface area (Å²) < 4.78 is 7.71. The van der Waals surface area contributed by atoms with Crippen LogP contribution in [0.5, 0.6) is 17.2 Å². The zero-order valence-electron chi connectivity index (χ0n) is 13.5. The van der Waals surface area contributed by atoms with E-state index in [1.165, 1.54) is 13.2 Å². The van der Waals surface area contributed by atoms with Gasteiger partial charge in [0.25, 0.3) is 5.91 Å². The number of hydrogen-bond donors (Lipinski definition) is 4. The summed E-state index contributed by atoms with van der Waals surface area (Å²) in [5, 5.41) is 21.4. The normalized spacial score (nSPS) is 9.62. The van der Waals surface area contributed by atoms with E-state index in [9.17, 15) is 15.0 Å². The summed E-state index contributed by atoms with van der Waals surface area (Å²) in [4.78, 5) is 11.2. The van der Waals surface area contributed by atoms with E-state index in [0.717, 1.165) is 5.56 Å². The summed E-state index contributed by atoms with van der Waals surface area (Å²) in [7, 11) is 1.53. The third kappa shape index (κ3) is 5.77. The molecule has 0 aliphatic heterocycles. The molecule has 0 aliphatic carbocycles. The van der Waals surface area contributed by atoms with Gasteiger partial charge in [0.2, 0.25) is 0 Å². The molecule has 6 nitrogen and oxygen atoms in total. The van der Waals surface area contributed by atoms with Crippen molar-refractivity contribution in [2.45, 2.75) is 13.5 Å². The number of ether oxygens (including phenoxy) is 1. The Morgan fingerprint density at radius 3 is 2.46 bits per heavy atom. The number of nitrogens with one attached hydrogen (secondary N) is 2. The number of methoxy groups -OCH3 is 1. The van der Waals surface area contributed by atoms with E-state index in [1.54, 1.807) is 24.3 Å². The number of hydrogen-bond acceptors (Lipinski definition) is 5. The molecule has 7 heteroatoms. The molecule has 4 N–H and O–H groups in total. The van der Waals surface area contributed by atoms with Crippen LogP contribution in [0.15, 0.2) is 42.5 Å². The van der Waals surface area contributed by atoms with Crippen molar-refractivity contribution in [3.63, 3.8) is 0 Å². The van der Waals surface area contributed by atoms with E-state index in [0.29, 0.717) is 24.4 Å². The molecule has 24 heavy (non-hydrogen) atoms. The molecule has 0 unspecified atom stereocenters. The Kier molecular flexibility index (Phi) is 8.71. The molecule has 130 valence electrons. The summed E-state index contributed by atoms with van der Waals surface area (Å²) >= 11 is 3.06. The van der Waals surface area contributed by atoms with Crippen molar-refractivity contribution in [1.82, 2.24) is 9.65 Å². The fraction of sp³-hybridized carbons (Fsp3) is 0.235. The summed E-state index contributed by atoms with van der Waals surface area (Å²) in [6, 6.07) is 11.8. The second-order valence-corrected chi connectivity index (χ2v) is 5.07. The quantitative estimate of drug-likeness (QED) is 0.604. The predicted octanol–water partition coefficient (Wildman–Crippen LogP) is 2.09. The number of phenols is 2. The Labute approximate surface area is 149 Å². The second-order valence-electron chi connectivity index (χ2n) is 4.66. The van der Waals surface area contributed by atoms with Crippen LogP contribution < -0.4 is 14.4 Å². The van der Waals surface area contributed by atoms with Crippen LogP contribution in [0.25, 0.3) is 0 Å². The number of benzene rings is 2. The van der Waals surface area contributed by atoms with Crippen molar-refractivity contribution < 1.29 is 36.0 Å². The van der Waals surface area contributed by atoms with Crippen LogP contribution in [-0.4, -0.2) is 29.8 Å². The van der Waals surface area contributed by atoms with E-state index in [1.807, 2.05) is 19.1 Å². The minimum atomic E-state index is -0.240. The monoisotopic (exact) mass is 372 g/mol. The molecule has 0 radical (unpaired) electrons. The van der Waals surface area contributed by atoms with Crippen LogP contribution in [0.3, 0.4) is 0 Å². The standard InChI is InChI=1S/C9H11NO2.C8H10NO2.Mn/c1-2-10-9(12)7-5-3-4-6-8(7)11;1-11-7-4-2-3-6(5-9)8(7)10;/h3-6,11H,2H2,1H3,(H,10,12);2-4,9-10H,5H2,1H3;/q;-1;+1. The molecule has 0 saturated carbocycles. The van der Waals surface area contributed by atoms with Crippen molar-refractivity contribution in [2.24, 2.45) is 0 Å². The number of carbonyl (C=O) groups excluding carboxylic acids is 1. The van der Waals surface area contributed by atoms with Crippen molar-refractivity contribution in [2.75, 3.05) is 13.7 Å². The molecular weight excluding hydrogens is 351 g/mol. The molecule has 0 aromatic heterocycles. The van der Waals surface area contributed by atoms with Crippen LogP contribution >= 0.6 is 0 Å². The first-order valence-corrected chi connectivity index (χ1v) is 7.88. The van der Waals surface area contributed by atoms with Gasteiger partial charge in [0.05, 0.1) is 5.56 Å². The van der Waals surface area contributed by atoms with E-state index in [-0.39, 0.29) is 17.4 Å². The Morgan fingerprint density at radius 1 is 1.17 bits per heavy atom. The summed E-state index contributed by atoms with van der Waals surface area (Å²) in [6.45, 7) is 2.95. The van der Waals surface area contributed by atoms with Gasteiger partial charge in [0, 0.05) is 6.54 Å². The van der Waals surface area contributed by atoms with Gasteiger partial charge in [-0.3, -0.25) is 4.79 Å². The molecule has 2 rings (SSSR count). The number of phenolic OH excluding ortho intramolecular Hbond substituents is 2. The Bertz CT molecular complexity index is 665.